The summed E-state index contributed by atoms with van der Waals surface area (Å²) in [5.41, 5.74) is 0.668. The molecule has 0 bridgehead atoms. The van der Waals surface area contributed by atoms with E-state index in [9.17, 15) is 4.39 Å². The summed E-state index contributed by atoms with van der Waals surface area (Å²) in [6.07, 6.45) is 0.895. The molecule has 17 heavy (non-hydrogen) atoms. The van der Waals surface area contributed by atoms with Crippen molar-refractivity contribution in [2.45, 2.75) is 13.0 Å². The van der Waals surface area contributed by atoms with Gasteiger partial charge in [0, 0.05) is 29.1 Å². The number of rotatable bonds is 8. The van der Waals surface area contributed by atoms with E-state index in [0.29, 0.717) is 31.2 Å². The van der Waals surface area contributed by atoms with Gasteiger partial charge in [-0.2, -0.15) is 0 Å². The molecule has 1 aromatic rings. The minimum absolute atomic E-state index is 0.181. The van der Waals surface area contributed by atoms with Gasteiger partial charge in [-0.1, -0.05) is 15.9 Å². The summed E-state index contributed by atoms with van der Waals surface area (Å²) >= 11 is 8.79. The summed E-state index contributed by atoms with van der Waals surface area (Å²) in [4.78, 5) is 0. The Morgan fingerprint density at radius 1 is 1.35 bits per heavy atom. The molecule has 1 N–H and O–H groups in total. The van der Waals surface area contributed by atoms with Gasteiger partial charge in [-0.05, 0) is 31.2 Å². The van der Waals surface area contributed by atoms with Crippen LogP contribution in [0.4, 0.5) is 4.39 Å². The van der Waals surface area contributed by atoms with Crippen molar-refractivity contribution in [1.82, 2.24) is 5.32 Å². The van der Waals surface area contributed by atoms with Crippen molar-refractivity contribution >= 4 is 27.5 Å². The van der Waals surface area contributed by atoms with Gasteiger partial charge in [-0.25, -0.2) is 4.39 Å². The third kappa shape index (κ3) is 6.36. The first-order chi connectivity index (χ1) is 8.24. The van der Waals surface area contributed by atoms with Gasteiger partial charge in [0.15, 0.2) is 0 Å². The fourth-order valence-corrected chi connectivity index (χ4v) is 1.88. The number of hydrogen-bond acceptors (Lipinski definition) is 2. The van der Waals surface area contributed by atoms with E-state index in [0.717, 1.165) is 17.4 Å². The van der Waals surface area contributed by atoms with Crippen LogP contribution in [0.1, 0.15) is 12.0 Å². The third-order valence-corrected chi connectivity index (χ3v) is 2.83. The van der Waals surface area contributed by atoms with Gasteiger partial charge in [-0.3, -0.25) is 0 Å². The predicted molar refractivity (Wildman–Crippen MR) is 72.0 cm³/mol. The van der Waals surface area contributed by atoms with E-state index < -0.39 is 0 Å². The Morgan fingerprint density at radius 3 is 2.94 bits per heavy atom. The van der Waals surface area contributed by atoms with Crippen molar-refractivity contribution in [3.8, 4) is 0 Å². The highest BCUT2D eigenvalue weighted by Gasteiger charge is 2.01. The van der Waals surface area contributed by atoms with Crippen LogP contribution in [0, 0.1) is 5.82 Å². The number of nitrogens with one attached hydrogen (secondary N) is 1. The lowest BCUT2D eigenvalue weighted by molar-refractivity contribution is 0.146. The Bertz CT molecular complexity index is 338. The molecule has 1 aromatic carbocycles. The van der Waals surface area contributed by atoms with E-state index in [1.165, 1.54) is 6.07 Å². The van der Waals surface area contributed by atoms with Crippen molar-refractivity contribution in [3.63, 3.8) is 0 Å². The van der Waals surface area contributed by atoms with Crippen LogP contribution >= 0.6 is 27.5 Å². The van der Waals surface area contributed by atoms with Crippen LogP contribution < -0.4 is 5.32 Å². The molecule has 0 saturated carbocycles. The minimum Gasteiger partial charge on any atom is -0.380 e. The highest BCUT2D eigenvalue weighted by molar-refractivity contribution is 9.10. The molecule has 0 fully saturated rings. The zero-order valence-electron chi connectivity index (χ0n) is 9.52. The van der Waals surface area contributed by atoms with E-state index in [4.69, 9.17) is 16.3 Å². The summed E-state index contributed by atoms with van der Waals surface area (Å²) < 4.78 is 19.5. The molecule has 0 radical (unpaired) electrons. The Labute approximate surface area is 115 Å². The van der Waals surface area contributed by atoms with Crippen LogP contribution in [-0.2, 0) is 11.3 Å². The van der Waals surface area contributed by atoms with Crippen LogP contribution in [-0.4, -0.2) is 25.6 Å². The minimum atomic E-state index is -0.181. The standard InChI is InChI=1S/C12H16BrClFNO/c13-11-2-3-12(15)10(8-11)9-16-5-1-6-17-7-4-14/h2-3,8,16H,1,4-7,9H2. The lowest BCUT2D eigenvalue weighted by Gasteiger charge is -2.06. The molecule has 0 atom stereocenters. The Hall–Kier alpha value is -0.160. The first-order valence-electron chi connectivity index (χ1n) is 5.52. The molecule has 0 aliphatic heterocycles. The molecule has 0 heterocycles. The summed E-state index contributed by atoms with van der Waals surface area (Å²) in [7, 11) is 0. The molecule has 0 amide bonds. The van der Waals surface area contributed by atoms with Gasteiger partial charge in [-0.15, -0.1) is 11.6 Å². The van der Waals surface area contributed by atoms with Crippen molar-refractivity contribution in [1.29, 1.82) is 0 Å². The zero-order chi connectivity index (χ0) is 12.5. The number of benzene rings is 1. The fourth-order valence-electron chi connectivity index (χ4n) is 1.36. The zero-order valence-corrected chi connectivity index (χ0v) is 11.9. The van der Waals surface area contributed by atoms with Crippen molar-refractivity contribution < 1.29 is 9.13 Å². The Kier molecular flexibility index (Phi) is 7.77. The van der Waals surface area contributed by atoms with E-state index in [1.807, 2.05) is 0 Å². The lowest BCUT2D eigenvalue weighted by atomic mass is 10.2. The summed E-state index contributed by atoms with van der Waals surface area (Å²) in [6, 6.07) is 4.94. The highest BCUT2D eigenvalue weighted by atomic mass is 79.9. The Morgan fingerprint density at radius 2 is 2.18 bits per heavy atom. The first kappa shape index (κ1) is 14.9. The normalized spacial score (nSPS) is 10.8. The van der Waals surface area contributed by atoms with Crippen molar-refractivity contribution in [2.24, 2.45) is 0 Å². The molecule has 0 aliphatic carbocycles. The van der Waals surface area contributed by atoms with E-state index in [-0.39, 0.29) is 5.82 Å². The molecular formula is C12H16BrClFNO. The molecule has 5 heteroatoms. The van der Waals surface area contributed by atoms with Gasteiger partial charge in [0.1, 0.15) is 5.82 Å². The second kappa shape index (κ2) is 8.86. The summed E-state index contributed by atoms with van der Waals surface area (Å²) in [6.45, 7) is 2.59. The van der Waals surface area contributed by atoms with E-state index in [1.54, 1.807) is 12.1 Å². The van der Waals surface area contributed by atoms with E-state index >= 15 is 0 Å². The van der Waals surface area contributed by atoms with Gasteiger partial charge < -0.3 is 10.1 Å². The monoisotopic (exact) mass is 323 g/mol. The van der Waals surface area contributed by atoms with Crippen LogP contribution in [0.2, 0.25) is 0 Å². The predicted octanol–water partition coefficient (Wildman–Crippen LogP) is 3.32. The SMILES string of the molecule is Fc1ccc(Br)cc1CNCCCOCCCl. The molecule has 2 nitrogen and oxygen atoms in total. The van der Waals surface area contributed by atoms with Crippen molar-refractivity contribution in [2.75, 3.05) is 25.6 Å². The number of ether oxygens (including phenoxy) is 1. The lowest BCUT2D eigenvalue weighted by Crippen LogP contribution is -2.17. The van der Waals surface area contributed by atoms with Gasteiger partial charge in [0.05, 0.1) is 6.61 Å². The van der Waals surface area contributed by atoms with E-state index in [2.05, 4.69) is 21.2 Å². The molecule has 0 saturated heterocycles. The number of alkyl halides is 1. The summed E-state index contributed by atoms with van der Waals surface area (Å²) in [5.74, 6) is 0.343. The molecular weight excluding hydrogens is 308 g/mol. The topological polar surface area (TPSA) is 21.3 Å². The molecule has 0 aromatic heterocycles. The largest absolute Gasteiger partial charge is 0.380 e. The average Bonchev–Trinajstić information content (AvgIpc) is 2.32. The van der Waals surface area contributed by atoms with Gasteiger partial charge in [0.25, 0.3) is 0 Å². The third-order valence-electron chi connectivity index (χ3n) is 2.19. The van der Waals surface area contributed by atoms with Crippen LogP contribution in [0.25, 0.3) is 0 Å². The maximum absolute atomic E-state index is 13.3. The molecule has 0 unspecified atom stereocenters. The molecule has 1 rings (SSSR count). The van der Waals surface area contributed by atoms with Gasteiger partial charge >= 0.3 is 0 Å². The second-order valence-electron chi connectivity index (χ2n) is 3.57. The molecule has 96 valence electrons. The van der Waals surface area contributed by atoms with Crippen LogP contribution in [0.3, 0.4) is 0 Å². The van der Waals surface area contributed by atoms with Crippen LogP contribution in [0.15, 0.2) is 22.7 Å². The Balaban J connectivity index is 2.15. The fraction of sp³-hybridized carbons (Fsp3) is 0.500. The smallest absolute Gasteiger partial charge is 0.127 e. The maximum atomic E-state index is 13.3. The highest BCUT2D eigenvalue weighted by Crippen LogP contribution is 2.15. The first-order valence-corrected chi connectivity index (χ1v) is 6.85. The summed E-state index contributed by atoms with van der Waals surface area (Å²) in [5, 5.41) is 3.17. The maximum Gasteiger partial charge on any atom is 0.127 e. The molecule has 0 aliphatic rings. The second-order valence-corrected chi connectivity index (χ2v) is 4.86. The van der Waals surface area contributed by atoms with Gasteiger partial charge in [0.2, 0.25) is 0 Å². The quantitative estimate of drug-likeness (QED) is 0.585. The van der Waals surface area contributed by atoms with Crippen LogP contribution in [0.5, 0.6) is 0 Å². The average molecular weight is 325 g/mol. The molecule has 0 spiro atoms. The number of hydrogen-bond donors (Lipinski definition) is 1. The number of halogens is 3. The van der Waals surface area contributed by atoms with Crippen molar-refractivity contribution in [3.05, 3.63) is 34.1 Å².